The van der Waals surface area contributed by atoms with E-state index in [1.807, 2.05) is 6.07 Å². The molecule has 0 aromatic heterocycles. The van der Waals surface area contributed by atoms with E-state index in [9.17, 15) is 21.4 Å². The standard InChI is InChI=1S/2C10H8O3S.Na/c2*11-14(12,13)10-7-6-8-4-2-1-3-5-9(8)10;/h2*1-7H,(H,11,12,13);/q;;+1/p-1. The van der Waals surface area contributed by atoms with E-state index >= 15 is 0 Å². The Morgan fingerprint density at radius 1 is 0.586 bits per heavy atom. The van der Waals surface area contributed by atoms with Gasteiger partial charge in [-0.3, -0.25) is 4.55 Å². The average Bonchev–Trinajstić information content (AvgIpc) is 3.04. The molecule has 0 saturated carbocycles. The van der Waals surface area contributed by atoms with Crippen LogP contribution in [0.5, 0.6) is 0 Å². The molecular weight excluding hydrogens is 423 g/mol. The second-order valence-electron chi connectivity index (χ2n) is 5.88. The summed E-state index contributed by atoms with van der Waals surface area (Å²) >= 11 is 0. The summed E-state index contributed by atoms with van der Waals surface area (Å²) in [6, 6.07) is 23.5. The predicted octanol–water partition coefficient (Wildman–Crippen LogP) is 0.738. The minimum atomic E-state index is -4.37. The maximum Gasteiger partial charge on any atom is 1.00 e. The average molecular weight is 438 g/mol. The third-order valence-electron chi connectivity index (χ3n) is 4.05. The van der Waals surface area contributed by atoms with Crippen molar-refractivity contribution in [3.8, 4) is 22.3 Å². The van der Waals surface area contributed by atoms with E-state index in [1.54, 1.807) is 66.7 Å². The van der Waals surface area contributed by atoms with Crippen LogP contribution in [0.25, 0.3) is 22.3 Å². The van der Waals surface area contributed by atoms with Gasteiger partial charge in [0.2, 0.25) is 0 Å². The van der Waals surface area contributed by atoms with E-state index in [-0.39, 0.29) is 39.3 Å². The van der Waals surface area contributed by atoms with Crippen molar-refractivity contribution in [1.29, 1.82) is 0 Å². The molecule has 0 amide bonds. The van der Waals surface area contributed by atoms with Crippen molar-refractivity contribution in [2.45, 2.75) is 9.79 Å². The molecule has 0 aliphatic heterocycles. The van der Waals surface area contributed by atoms with Crippen LogP contribution in [0.3, 0.4) is 0 Å². The van der Waals surface area contributed by atoms with Crippen LogP contribution in [0.2, 0.25) is 0 Å². The van der Waals surface area contributed by atoms with Crippen LogP contribution in [0, 0.1) is 0 Å². The molecule has 4 aliphatic rings. The number of hydrogen-bond donors (Lipinski definition) is 1. The van der Waals surface area contributed by atoms with Crippen LogP contribution >= 0.6 is 0 Å². The van der Waals surface area contributed by atoms with E-state index in [2.05, 4.69) is 0 Å². The zero-order chi connectivity index (χ0) is 20.4. The molecule has 0 radical (unpaired) electrons. The summed E-state index contributed by atoms with van der Waals surface area (Å²) in [5.74, 6) is 0. The Balaban J connectivity index is 0.000000200. The molecule has 4 aliphatic carbocycles. The van der Waals surface area contributed by atoms with Gasteiger partial charge in [-0.1, -0.05) is 72.8 Å². The monoisotopic (exact) mass is 438 g/mol. The van der Waals surface area contributed by atoms with Crippen molar-refractivity contribution < 1.29 is 55.5 Å². The SMILES string of the molecule is O=S(=O)(O)c1ccc2cccccc1-2.O=S(=O)([O-])c1ccc2cccccc1-2.[Na+]. The molecule has 0 aromatic carbocycles. The molecule has 0 unspecified atom stereocenters. The van der Waals surface area contributed by atoms with Crippen molar-refractivity contribution in [1.82, 2.24) is 0 Å². The molecule has 144 valence electrons. The summed E-state index contributed by atoms with van der Waals surface area (Å²) in [7, 11) is -8.48. The minimum absolute atomic E-state index is 0. The van der Waals surface area contributed by atoms with Gasteiger partial charge in [-0.25, -0.2) is 8.42 Å². The van der Waals surface area contributed by atoms with Gasteiger partial charge in [0, 0.05) is 5.56 Å². The van der Waals surface area contributed by atoms with Crippen LogP contribution in [0.4, 0.5) is 0 Å². The third-order valence-corrected chi connectivity index (χ3v) is 5.86. The quantitative estimate of drug-likeness (QED) is 0.365. The van der Waals surface area contributed by atoms with E-state index in [0.717, 1.165) is 11.1 Å². The molecule has 29 heavy (non-hydrogen) atoms. The summed E-state index contributed by atoms with van der Waals surface area (Å²) < 4.78 is 63.4. The van der Waals surface area contributed by atoms with Gasteiger partial charge in [0.05, 0.1) is 4.90 Å². The molecular formula is C20H15NaO6S2. The summed E-state index contributed by atoms with van der Waals surface area (Å²) in [4.78, 5) is -0.188. The van der Waals surface area contributed by atoms with Gasteiger partial charge in [0.25, 0.3) is 10.1 Å². The Morgan fingerprint density at radius 2 is 1.00 bits per heavy atom. The topological polar surface area (TPSA) is 112 Å². The molecule has 0 saturated heterocycles. The molecule has 1 N–H and O–H groups in total. The van der Waals surface area contributed by atoms with Crippen molar-refractivity contribution in [2.24, 2.45) is 0 Å². The summed E-state index contributed by atoms with van der Waals surface area (Å²) in [5.41, 5.74) is 2.56. The second kappa shape index (κ2) is 9.36. The first kappa shape index (κ1) is 23.5. The summed E-state index contributed by atoms with van der Waals surface area (Å²) in [6.07, 6.45) is 0. The van der Waals surface area contributed by atoms with Gasteiger partial charge in [0.1, 0.15) is 15.0 Å². The van der Waals surface area contributed by atoms with E-state index in [1.165, 1.54) is 12.1 Å². The van der Waals surface area contributed by atoms with Gasteiger partial charge < -0.3 is 4.55 Å². The maximum atomic E-state index is 11.0. The van der Waals surface area contributed by atoms with Gasteiger partial charge in [0.15, 0.2) is 0 Å². The first-order valence-corrected chi connectivity index (χ1v) is 10.9. The molecule has 9 heteroatoms. The Hall–Kier alpha value is -1.78. The largest absolute Gasteiger partial charge is 1.00 e. The van der Waals surface area contributed by atoms with E-state index < -0.39 is 20.2 Å². The normalized spacial score (nSPS) is 11.4. The van der Waals surface area contributed by atoms with Crippen LogP contribution in [-0.2, 0) is 20.2 Å². The van der Waals surface area contributed by atoms with Crippen LogP contribution in [0.15, 0.2) is 94.7 Å². The van der Waals surface area contributed by atoms with Gasteiger partial charge in [-0.05, 0) is 28.8 Å². The van der Waals surface area contributed by atoms with Crippen LogP contribution in [-0.4, -0.2) is 25.9 Å². The van der Waals surface area contributed by atoms with Crippen LogP contribution < -0.4 is 29.6 Å². The van der Waals surface area contributed by atoms with Crippen molar-refractivity contribution in [3.05, 3.63) is 84.9 Å². The van der Waals surface area contributed by atoms with Crippen LogP contribution in [0.1, 0.15) is 0 Å². The molecule has 0 fully saturated rings. The first-order chi connectivity index (χ1) is 13.2. The Bertz CT molecular complexity index is 1170. The zero-order valence-corrected chi connectivity index (χ0v) is 19.0. The van der Waals surface area contributed by atoms with Crippen molar-refractivity contribution >= 4 is 20.2 Å². The molecule has 0 aromatic rings. The predicted molar refractivity (Wildman–Crippen MR) is 104 cm³/mol. The molecule has 6 nitrogen and oxygen atoms in total. The summed E-state index contributed by atoms with van der Waals surface area (Å²) in [6.45, 7) is 0. The van der Waals surface area contributed by atoms with E-state index in [4.69, 9.17) is 4.55 Å². The number of fused-ring (bicyclic) bond motifs is 2. The molecule has 4 rings (SSSR count). The summed E-state index contributed by atoms with van der Waals surface area (Å²) in [5, 5.41) is 0. The van der Waals surface area contributed by atoms with Gasteiger partial charge in [-0.2, -0.15) is 8.42 Å². The molecule has 0 atom stereocenters. The van der Waals surface area contributed by atoms with Gasteiger partial charge >= 0.3 is 29.6 Å². The number of rotatable bonds is 2. The molecule has 0 heterocycles. The minimum Gasteiger partial charge on any atom is -0.744 e. The first-order valence-electron chi connectivity index (χ1n) is 8.07. The number of hydrogen-bond acceptors (Lipinski definition) is 5. The Labute approximate surface area is 191 Å². The smallest absolute Gasteiger partial charge is 0.744 e. The van der Waals surface area contributed by atoms with E-state index in [0.29, 0.717) is 11.1 Å². The second-order valence-corrected chi connectivity index (χ2v) is 8.62. The molecule has 0 bridgehead atoms. The van der Waals surface area contributed by atoms with Crippen molar-refractivity contribution in [3.63, 3.8) is 0 Å². The Morgan fingerprint density at radius 3 is 1.45 bits per heavy atom. The molecule has 0 spiro atoms. The Kier molecular flexibility index (Phi) is 7.58. The zero-order valence-electron chi connectivity index (χ0n) is 15.4. The fourth-order valence-electron chi connectivity index (χ4n) is 2.82. The van der Waals surface area contributed by atoms with Crippen molar-refractivity contribution in [2.75, 3.05) is 0 Å². The third kappa shape index (κ3) is 5.64. The maximum absolute atomic E-state index is 11.0. The fraction of sp³-hybridized carbons (Fsp3) is 0. The van der Waals surface area contributed by atoms with Gasteiger partial charge in [-0.15, -0.1) is 0 Å². The fourth-order valence-corrected chi connectivity index (χ4v) is 4.21.